The maximum absolute atomic E-state index is 13.7. The molecule has 5 rings (SSSR count). The van der Waals surface area contributed by atoms with E-state index in [1.54, 1.807) is 10.6 Å². The summed E-state index contributed by atoms with van der Waals surface area (Å²) in [6.45, 7) is 16.1. The molecule has 7 heteroatoms. The molecule has 0 spiro atoms. The lowest BCUT2D eigenvalue weighted by atomic mass is 9.89. The van der Waals surface area contributed by atoms with Gasteiger partial charge in [0.1, 0.15) is 8.07 Å². The molecule has 224 valence electrons. The van der Waals surface area contributed by atoms with E-state index < -0.39 is 8.07 Å². The van der Waals surface area contributed by atoms with Gasteiger partial charge < -0.3 is 10.2 Å². The Balaban J connectivity index is 1.56. The summed E-state index contributed by atoms with van der Waals surface area (Å²) in [5.41, 5.74) is 9.42. The molecule has 1 N–H and O–H groups in total. The van der Waals surface area contributed by atoms with Gasteiger partial charge in [-0.2, -0.15) is 4.98 Å². The maximum atomic E-state index is 13.7. The number of hydrogen-bond acceptors (Lipinski definition) is 5. The van der Waals surface area contributed by atoms with Gasteiger partial charge in [0.25, 0.3) is 5.56 Å². The van der Waals surface area contributed by atoms with Crippen molar-refractivity contribution in [3.8, 4) is 17.2 Å². The Morgan fingerprint density at radius 2 is 1.53 bits per heavy atom. The molecule has 0 bridgehead atoms. The summed E-state index contributed by atoms with van der Waals surface area (Å²) in [7, 11) is 0.191. The van der Waals surface area contributed by atoms with Crippen molar-refractivity contribution in [2.24, 2.45) is 0 Å². The van der Waals surface area contributed by atoms with Crippen LogP contribution >= 0.6 is 0 Å². The van der Waals surface area contributed by atoms with E-state index in [4.69, 9.17) is 9.97 Å². The van der Waals surface area contributed by atoms with Gasteiger partial charge in [0, 0.05) is 23.5 Å². The van der Waals surface area contributed by atoms with Crippen molar-refractivity contribution >= 4 is 30.7 Å². The summed E-state index contributed by atoms with van der Waals surface area (Å²) >= 11 is 0. The first-order valence-corrected chi connectivity index (χ1v) is 17.9. The van der Waals surface area contributed by atoms with Crippen LogP contribution in [0.3, 0.4) is 0 Å². The summed E-state index contributed by atoms with van der Waals surface area (Å²) in [6.07, 6.45) is 4.19. The minimum absolute atomic E-state index is 0.152. The summed E-state index contributed by atoms with van der Waals surface area (Å²) in [6, 6.07) is 19.9. The number of hydrogen-bond donors (Lipinski definition) is 1. The molecule has 0 radical (unpaired) electrons. The molecule has 0 saturated carbocycles. The zero-order valence-electron chi connectivity index (χ0n) is 26.7. The molecule has 0 atom stereocenters. The van der Waals surface area contributed by atoms with Crippen LogP contribution in [0.4, 0.5) is 11.6 Å². The van der Waals surface area contributed by atoms with Gasteiger partial charge in [-0.15, -0.1) is 5.54 Å². The van der Waals surface area contributed by atoms with Gasteiger partial charge in [-0.3, -0.25) is 9.36 Å². The molecular formula is C36H45N5OSi. The smallest absolute Gasteiger partial charge is 0.258 e. The number of nitrogens with one attached hydrogen (secondary N) is 1. The maximum Gasteiger partial charge on any atom is 0.258 e. The summed E-state index contributed by atoms with van der Waals surface area (Å²) < 4.78 is 1.66. The van der Waals surface area contributed by atoms with Crippen molar-refractivity contribution < 1.29 is 0 Å². The zero-order valence-corrected chi connectivity index (χ0v) is 27.7. The number of pyridine rings is 1. The van der Waals surface area contributed by atoms with Crippen LogP contribution in [0.25, 0.3) is 16.7 Å². The van der Waals surface area contributed by atoms with E-state index in [0.29, 0.717) is 39.7 Å². The highest BCUT2D eigenvalue weighted by molar-refractivity contribution is 6.90. The highest BCUT2D eigenvalue weighted by Crippen LogP contribution is 2.41. The van der Waals surface area contributed by atoms with E-state index in [1.165, 1.54) is 18.4 Å². The van der Waals surface area contributed by atoms with Crippen LogP contribution < -0.4 is 10.9 Å². The second-order valence-corrected chi connectivity index (χ2v) is 18.5. The minimum atomic E-state index is -2.00. The van der Waals surface area contributed by atoms with Crippen molar-refractivity contribution in [3.63, 3.8) is 0 Å². The highest BCUT2D eigenvalue weighted by Gasteiger charge is 2.41. The SMILES string of the molecule is CC(C)[Si](C#Cc1cc(=O)n(-c2ccccc2)c2nc(Nc3ccc(C4CCN(C)CC4)cc3)ncc12)(C(C)C)C(C)C. The molecule has 1 fully saturated rings. The molecule has 1 aliphatic heterocycles. The summed E-state index contributed by atoms with van der Waals surface area (Å²) in [5, 5.41) is 4.15. The Hall–Kier alpha value is -3.73. The average Bonchev–Trinajstić information content (AvgIpc) is 2.98. The number of piperidine rings is 1. The second kappa shape index (κ2) is 12.9. The molecule has 2 aromatic heterocycles. The lowest BCUT2D eigenvalue weighted by Crippen LogP contribution is -2.43. The van der Waals surface area contributed by atoms with Crippen LogP contribution in [0.1, 0.15) is 71.4 Å². The third-order valence-electron chi connectivity index (χ3n) is 9.41. The fourth-order valence-electron chi connectivity index (χ4n) is 7.01. The van der Waals surface area contributed by atoms with Crippen LogP contribution in [0.2, 0.25) is 16.6 Å². The lowest BCUT2D eigenvalue weighted by Gasteiger charge is -2.38. The van der Waals surface area contributed by atoms with Crippen LogP contribution in [0.5, 0.6) is 0 Å². The molecule has 1 aliphatic rings. The molecular weight excluding hydrogens is 547 g/mol. The van der Waals surface area contributed by atoms with Gasteiger partial charge in [0.05, 0.1) is 11.1 Å². The first-order valence-electron chi connectivity index (χ1n) is 15.7. The third-order valence-corrected chi connectivity index (χ3v) is 15.7. The number of likely N-dealkylation sites (tertiary alicyclic amines) is 1. The van der Waals surface area contributed by atoms with Crippen LogP contribution in [-0.2, 0) is 0 Å². The van der Waals surface area contributed by atoms with Gasteiger partial charge in [-0.05, 0) is 85.3 Å². The number of fused-ring (bicyclic) bond motifs is 1. The predicted octanol–water partition coefficient (Wildman–Crippen LogP) is 7.90. The normalized spacial score (nSPS) is 14.8. The largest absolute Gasteiger partial charge is 0.324 e. The van der Waals surface area contributed by atoms with E-state index >= 15 is 0 Å². The lowest BCUT2D eigenvalue weighted by molar-refractivity contribution is 0.255. The Kier molecular flexibility index (Phi) is 9.19. The topological polar surface area (TPSA) is 63.1 Å². The molecule has 2 aromatic carbocycles. The Bertz CT molecular complexity index is 1650. The fraction of sp³-hybridized carbons (Fsp3) is 0.417. The number of rotatable bonds is 7. The van der Waals surface area contributed by atoms with Crippen molar-refractivity contribution in [1.82, 2.24) is 19.4 Å². The monoisotopic (exact) mass is 591 g/mol. The van der Waals surface area contributed by atoms with Crippen molar-refractivity contribution in [1.29, 1.82) is 0 Å². The Morgan fingerprint density at radius 3 is 2.14 bits per heavy atom. The molecule has 0 unspecified atom stereocenters. The van der Waals surface area contributed by atoms with E-state index in [9.17, 15) is 4.79 Å². The van der Waals surface area contributed by atoms with Gasteiger partial charge >= 0.3 is 0 Å². The highest BCUT2D eigenvalue weighted by atomic mass is 28.3. The number of anilines is 2. The number of aromatic nitrogens is 3. The van der Waals surface area contributed by atoms with Crippen molar-refractivity contribution in [2.45, 2.75) is 76.9 Å². The zero-order chi connectivity index (χ0) is 30.7. The van der Waals surface area contributed by atoms with Gasteiger partial charge in [-0.1, -0.05) is 77.8 Å². The van der Waals surface area contributed by atoms with Gasteiger partial charge in [0.2, 0.25) is 5.95 Å². The molecule has 6 nitrogen and oxygen atoms in total. The first kappa shape index (κ1) is 30.7. The van der Waals surface area contributed by atoms with E-state index in [-0.39, 0.29) is 5.56 Å². The minimum Gasteiger partial charge on any atom is -0.324 e. The fourth-order valence-corrected chi connectivity index (χ4v) is 12.2. The molecule has 4 aromatic rings. The Morgan fingerprint density at radius 1 is 0.907 bits per heavy atom. The standard InChI is InChI=1S/C36H45N5OSi/c1-25(2)43(26(3)4,27(5)6)22-19-30-23-34(42)41(32-11-9-8-10-12-32)35-33(30)24-37-36(39-35)38-31-15-13-28(14-16-31)29-17-20-40(7)21-18-29/h8-16,23-27,29H,17-18,20-21H2,1-7H3,(H,37,38,39). The second-order valence-electron chi connectivity index (χ2n) is 13.0. The third kappa shape index (κ3) is 6.32. The van der Waals surface area contributed by atoms with Gasteiger partial charge in [0.15, 0.2) is 5.65 Å². The van der Waals surface area contributed by atoms with E-state index in [0.717, 1.165) is 29.9 Å². The summed E-state index contributed by atoms with van der Waals surface area (Å²) in [4.78, 5) is 25.7. The number of nitrogens with zero attached hydrogens (tertiary/aromatic N) is 4. The molecule has 3 heterocycles. The predicted molar refractivity (Wildman–Crippen MR) is 182 cm³/mol. The van der Waals surface area contributed by atoms with Crippen LogP contribution in [0, 0.1) is 11.5 Å². The number of para-hydroxylation sites is 1. The average molecular weight is 592 g/mol. The Labute approximate surface area is 257 Å². The molecule has 0 amide bonds. The van der Waals surface area contributed by atoms with Crippen molar-refractivity contribution in [3.05, 3.63) is 88.3 Å². The molecule has 43 heavy (non-hydrogen) atoms. The van der Waals surface area contributed by atoms with E-state index in [1.807, 2.05) is 36.5 Å². The van der Waals surface area contributed by atoms with Crippen LogP contribution in [-0.4, -0.2) is 47.6 Å². The quantitative estimate of drug-likeness (QED) is 0.175. The van der Waals surface area contributed by atoms with Crippen LogP contribution in [0.15, 0.2) is 71.7 Å². The summed E-state index contributed by atoms with van der Waals surface area (Å²) in [5.74, 6) is 4.55. The van der Waals surface area contributed by atoms with Crippen molar-refractivity contribution in [2.75, 3.05) is 25.5 Å². The van der Waals surface area contributed by atoms with E-state index in [2.05, 4.69) is 94.5 Å². The first-order chi connectivity index (χ1) is 20.6. The number of benzene rings is 2. The molecule has 1 saturated heterocycles. The molecule has 0 aliphatic carbocycles. The van der Waals surface area contributed by atoms with Gasteiger partial charge in [-0.25, -0.2) is 4.98 Å².